The summed E-state index contributed by atoms with van der Waals surface area (Å²) in [6, 6.07) is 12.3. The Labute approximate surface area is 201 Å². The van der Waals surface area contributed by atoms with Crippen LogP contribution in [0.15, 0.2) is 76.8 Å². The first-order chi connectivity index (χ1) is 17.2. The van der Waals surface area contributed by atoms with E-state index in [1.165, 1.54) is 15.2 Å². The smallest absolute Gasteiger partial charge is 0.395 e. The number of rotatable bonds is 5. The van der Waals surface area contributed by atoms with Crippen molar-refractivity contribution in [3.8, 4) is 33.5 Å². The molecule has 2 N–H and O–H groups in total. The van der Waals surface area contributed by atoms with E-state index in [4.69, 9.17) is 0 Å². The molecule has 0 unspecified atom stereocenters. The molecule has 0 saturated carbocycles. The van der Waals surface area contributed by atoms with Crippen molar-refractivity contribution in [3.63, 3.8) is 0 Å². The summed E-state index contributed by atoms with van der Waals surface area (Å²) in [4.78, 5) is 28.7. The Morgan fingerprint density at radius 1 is 0.972 bits per heavy atom. The first kappa shape index (κ1) is 23.4. The van der Waals surface area contributed by atoms with E-state index in [0.29, 0.717) is 22.1 Å². The highest BCUT2D eigenvalue weighted by molar-refractivity contribution is 6.00. The van der Waals surface area contributed by atoms with Gasteiger partial charge in [0.15, 0.2) is 0 Å². The molecule has 0 fully saturated rings. The fourth-order valence-electron chi connectivity index (χ4n) is 4.23. The molecular weight excluding hydrogens is 475 g/mol. The van der Waals surface area contributed by atoms with Crippen LogP contribution in [0.2, 0.25) is 0 Å². The third-order valence-electron chi connectivity index (χ3n) is 5.96. The summed E-state index contributed by atoms with van der Waals surface area (Å²) in [7, 11) is 1.56. The highest BCUT2D eigenvalue weighted by Gasteiger charge is 2.32. The van der Waals surface area contributed by atoms with Crippen molar-refractivity contribution in [2.45, 2.75) is 12.8 Å². The van der Waals surface area contributed by atoms with Gasteiger partial charge in [0.1, 0.15) is 5.52 Å². The van der Waals surface area contributed by atoms with Crippen molar-refractivity contribution in [3.05, 3.63) is 88.0 Å². The van der Waals surface area contributed by atoms with Crippen molar-refractivity contribution in [1.82, 2.24) is 23.9 Å². The lowest BCUT2D eigenvalue weighted by atomic mass is 9.95. The van der Waals surface area contributed by atoms with Gasteiger partial charge in [-0.1, -0.05) is 30.3 Å². The van der Waals surface area contributed by atoms with Gasteiger partial charge in [0.2, 0.25) is 0 Å². The number of benzene rings is 1. The van der Waals surface area contributed by atoms with Crippen LogP contribution in [0, 0.1) is 0 Å². The van der Waals surface area contributed by atoms with Crippen LogP contribution in [0.25, 0.3) is 44.4 Å². The quantitative estimate of drug-likeness (QED) is 0.389. The lowest BCUT2D eigenvalue weighted by Crippen LogP contribution is -2.21. The van der Waals surface area contributed by atoms with Crippen molar-refractivity contribution in [2.24, 2.45) is 7.05 Å². The number of aromatic nitrogens is 5. The Morgan fingerprint density at radius 3 is 2.39 bits per heavy atom. The molecule has 0 aliphatic rings. The second-order valence-corrected chi connectivity index (χ2v) is 8.29. The second kappa shape index (κ2) is 8.68. The van der Waals surface area contributed by atoms with Gasteiger partial charge in [-0.2, -0.15) is 9.78 Å². The van der Waals surface area contributed by atoms with Gasteiger partial charge < -0.3 is 19.2 Å². The standard InChI is InChI=1S/C25H20F3N5O3/c1-31-13-20(17-10-22(35)32(7-8-34)14-19(17)15-5-3-2-4-6-15)18-9-21(30-23(18)24(31)36)16-11-29-33(12-16)25(26,27)28/h2-6,9-14,30,34H,7-8H2,1H3. The number of hydrogen-bond acceptors (Lipinski definition) is 4. The first-order valence-electron chi connectivity index (χ1n) is 10.9. The summed E-state index contributed by atoms with van der Waals surface area (Å²) < 4.78 is 41.8. The van der Waals surface area contributed by atoms with Gasteiger partial charge in [-0.25, -0.2) is 0 Å². The number of alkyl halides is 3. The van der Waals surface area contributed by atoms with Crippen LogP contribution in [0.5, 0.6) is 0 Å². The van der Waals surface area contributed by atoms with E-state index < -0.39 is 6.30 Å². The number of H-pyrrole nitrogens is 1. The lowest BCUT2D eigenvalue weighted by Gasteiger charge is -2.15. The van der Waals surface area contributed by atoms with E-state index in [2.05, 4.69) is 10.1 Å². The van der Waals surface area contributed by atoms with Gasteiger partial charge in [-0.05, 0) is 17.2 Å². The van der Waals surface area contributed by atoms with E-state index in [9.17, 15) is 27.9 Å². The zero-order valence-corrected chi connectivity index (χ0v) is 19.0. The topological polar surface area (TPSA) is 97.8 Å². The van der Waals surface area contributed by atoms with Crippen LogP contribution in [0.3, 0.4) is 0 Å². The molecule has 0 aliphatic carbocycles. The Kier molecular flexibility index (Phi) is 5.64. The molecule has 4 aromatic heterocycles. The number of nitrogens with one attached hydrogen (secondary N) is 1. The molecule has 5 aromatic rings. The summed E-state index contributed by atoms with van der Waals surface area (Å²) in [5, 5.41) is 13.2. The number of nitrogens with zero attached hydrogens (tertiary/aromatic N) is 4. The predicted octanol–water partition coefficient (Wildman–Crippen LogP) is 3.69. The molecule has 0 radical (unpaired) electrons. The number of pyridine rings is 2. The maximum absolute atomic E-state index is 13.0. The molecule has 8 nitrogen and oxygen atoms in total. The van der Waals surface area contributed by atoms with Gasteiger partial charge in [-0.15, -0.1) is 13.2 Å². The van der Waals surface area contributed by atoms with Crippen LogP contribution in [0.4, 0.5) is 13.2 Å². The van der Waals surface area contributed by atoms with Gasteiger partial charge in [0.05, 0.1) is 12.8 Å². The van der Waals surface area contributed by atoms with Gasteiger partial charge in [0.25, 0.3) is 11.1 Å². The molecule has 0 bridgehead atoms. The predicted molar refractivity (Wildman–Crippen MR) is 128 cm³/mol. The molecule has 0 saturated heterocycles. The van der Waals surface area contributed by atoms with E-state index >= 15 is 0 Å². The van der Waals surface area contributed by atoms with E-state index in [-0.39, 0.29) is 45.7 Å². The third-order valence-corrected chi connectivity index (χ3v) is 5.96. The van der Waals surface area contributed by atoms with Crippen molar-refractivity contribution in [2.75, 3.05) is 6.61 Å². The summed E-state index contributed by atoms with van der Waals surface area (Å²) >= 11 is 0. The number of aliphatic hydroxyl groups excluding tert-OH is 1. The van der Waals surface area contributed by atoms with Crippen molar-refractivity contribution in [1.29, 1.82) is 0 Å². The van der Waals surface area contributed by atoms with Crippen LogP contribution >= 0.6 is 0 Å². The van der Waals surface area contributed by atoms with Crippen molar-refractivity contribution >= 4 is 10.9 Å². The average Bonchev–Trinajstić information content (AvgIpc) is 3.51. The maximum Gasteiger partial charge on any atom is 0.504 e. The molecule has 0 atom stereocenters. The molecule has 4 heterocycles. The summed E-state index contributed by atoms with van der Waals surface area (Å²) in [5.74, 6) is 0. The average molecular weight is 495 g/mol. The molecule has 0 amide bonds. The minimum absolute atomic E-state index is 0.110. The molecule has 184 valence electrons. The van der Waals surface area contributed by atoms with Crippen molar-refractivity contribution < 1.29 is 18.3 Å². The Hall–Kier alpha value is -4.38. The Bertz CT molecular complexity index is 1690. The van der Waals surface area contributed by atoms with Crippen LogP contribution in [-0.4, -0.2) is 35.6 Å². The third kappa shape index (κ3) is 4.03. The van der Waals surface area contributed by atoms with Gasteiger partial charge in [0, 0.05) is 66.0 Å². The number of aryl methyl sites for hydroxylation is 1. The van der Waals surface area contributed by atoms with Gasteiger partial charge >= 0.3 is 6.30 Å². The van der Waals surface area contributed by atoms with E-state index in [1.807, 2.05) is 30.3 Å². The molecule has 0 aliphatic heterocycles. The SMILES string of the molecule is Cn1cc(-c2cc(=O)n(CCO)cc2-c2ccccc2)c2cc(-c3cnn(C(F)(F)F)c3)[nH]c2c1=O. The normalized spacial score (nSPS) is 11.9. The molecule has 36 heavy (non-hydrogen) atoms. The van der Waals surface area contributed by atoms with Crippen LogP contribution < -0.4 is 11.1 Å². The second-order valence-electron chi connectivity index (χ2n) is 8.29. The van der Waals surface area contributed by atoms with Crippen LogP contribution in [0.1, 0.15) is 0 Å². The first-order valence-corrected chi connectivity index (χ1v) is 10.9. The largest absolute Gasteiger partial charge is 0.504 e. The number of aromatic amines is 1. The Morgan fingerprint density at radius 2 is 1.72 bits per heavy atom. The number of halogens is 3. The molecular formula is C25H20F3N5O3. The molecule has 5 rings (SSSR count). The Balaban J connectivity index is 1.78. The zero-order valence-electron chi connectivity index (χ0n) is 19.0. The fraction of sp³-hybridized carbons (Fsp3) is 0.160. The van der Waals surface area contributed by atoms with E-state index in [0.717, 1.165) is 18.0 Å². The number of fused-ring (bicyclic) bond motifs is 1. The minimum Gasteiger partial charge on any atom is -0.395 e. The molecule has 1 aromatic carbocycles. The van der Waals surface area contributed by atoms with E-state index in [1.54, 1.807) is 25.5 Å². The summed E-state index contributed by atoms with van der Waals surface area (Å²) in [6.07, 6.45) is 0.475. The maximum atomic E-state index is 13.0. The fourth-order valence-corrected chi connectivity index (χ4v) is 4.23. The molecule has 11 heteroatoms. The number of aliphatic hydroxyl groups is 1. The zero-order chi connectivity index (χ0) is 25.6. The number of hydrogen-bond donors (Lipinski definition) is 2. The highest BCUT2D eigenvalue weighted by Crippen LogP contribution is 2.36. The van der Waals surface area contributed by atoms with Crippen LogP contribution in [-0.2, 0) is 19.9 Å². The summed E-state index contributed by atoms with van der Waals surface area (Å²) in [6.45, 7) is -0.108. The highest BCUT2D eigenvalue weighted by atomic mass is 19.4. The lowest BCUT2D eigenvalue weighted by molar-refractivity contribution is -0.212. The molecule has 0 spiro atoms. The monoisotopic (exact) mass is 495 g/mol. The minimum atomic E-state index is -4.67. The van der Waals surface area contributed by atoms with Gasteiger partial charge in [-0.3, -0.25) is 9.59 Å². The summed E-state index contributed by atoms with van der Waals surface area (Å²) in [5.41, 5.74) is 2.48.